The highest BCUT2D eigenvalue weighted by Crippen LogP contribution is 2.49. The Kier molecular flexibility index (Phi) is 4.70. The van der Waals surface area contributed by atoms with Crippen LogP contribution in [-0.4, -0.2) is 12.1 Å². The SMILES string of the molecule is COc1cnccc1-c1c(Cl)c(Cl)c(Cl)c(Cl)c1Cl. The highest BCUT2D eigenvalue weighted by molar-refractivity contribution is 6.56. The monoisotopic (exact) mass is 355 g/mol. The third-order valence-electron chi connectivity index (χ3n) is 2.48. The standard InChI is InChI=1S/C12H6Cl5NO/c1-19-6-4-18-3-2-5(6)7-8(13)10(15)12(17)11(16)9(7)14/h2-4H,1H3. The smallest absolute Gasteiger partial charge is 0.145 e. The number of hydrogen-bond donors (Lipinski definition) is 0. The first-order valence-corrected chi connectivity index (χ1v) is 6.87. The minimum Gasteiger partial charge on any atom is -0.494 e. The summed E-state index contributed by atoms with van der Waals surface area (Å²) < 4.78 is 5.22. The van der Waals surface area contributed by atoms with Gasteiger partial charge in [0.15, 0.2) is 0 Å². The lowest BCUT2D eigenvalue weighted by atomic mass is 10.1. The minimum atomic E-state index is 0.120. The second-order valence-corrected chi connectivity index (χ2v) is 5.41. The number of hydrogen-bond acceptors (Lipinski definition) is 2. The summed E-state index contributed by atoms with van der Waals surface area (Å²) >= 11 is 30.4. The van der Waals surface area contributed by atoms with E-state index >= 15 is 0 Å². The van der Waals surface area contributed by atoms with Crippen molar-refractivity contribution >= 4 is 58.0 Å². The average molecular weight is 357 g/mol. The third-order valence-corrected chi connectivity index (χ3v) is 4.76. The molecular weight excluding hydrogens is 351 g/mol. The van der Waals surface area contributed by atoms with Crippen LogP contribution < -0.4 is 4.74 Å². The molecule has 2 nitrogen and oxygen atoms in total. The van der Waals surface area contributed by atoms with E-state index in [2.05, 4.69) is 4.98 Å². The molecule has 0 fully saturated rings. The summed E-state index contributed by atoms with van der Waals surface area (Å²) in [6, 6.07) is 1.70. The van der Waals surface area contributed by atoms with E-state index in [1.165, 1.54) is 7.11 Å². The van der Waals surface area contributed by atoms with Gasteiger partial charge in [-0.2, -0.15) is 0 Å². The fourth-order valence-corrected chi connectivity index (χ4v) is 2.93. The van der Waals surface area contributed by atoms with Gasteiger partial charge in [0.05, 0.1) is 38.4 Å². The van der Waals surface area contributed by atoms with Crippen LogP contribution in [0.25, 0.3) is 11.1 Å². The van der Waals surface area contributed by atoms with Crippen molar-refractivity contribution in [2.24, 2.45) is 0 Å². The molecule has 7 heteroatoms. The molecule has 0 aliphatic carbocycles. The predicted octanol–water partition coefficient (Wildman–Crippen LogP) is 6.02. The summed E-state index contributed by atoms with van der Waals surface area (Å²) in [5, 5.41) is 0.837. The number of pyridine rings is 1. The van der Waals surface area contributed by atoms with E-state index in [1.54, 1.807) is 18.5 Å². The van der Waals surface area contributed by atoms with Gasteiger partial charge < -0.3 is 4.74 Å². The van der Waals surface area contributed by atoms with Gasteiger partial charge in [-0.05, 0) is 6.07 Å². The first kappa shape index (κ1) is 15.0. The number of halogens is 5. The maximum absolute atomic E-state index is 6.20. The Morgan fingerprint density at radius 3 is 1.95 bits per heavy atom. The van der Waals surface area contributed by atoms with Crippen LogP contribution in [0, 0.1) is 0 Å². The zero-order valence-electron chi connectivity index (χ0n) is 9.48. The summed E-state index contributed by atoms with van der Waals surface area (Å²) in [7, 11) is 1.52. The minimum absolute atomic E-state index is 0.120. The molecule has 1 aromatic heterocycles. The molecule has 0 amide bonds. The van der Waals surface area contributed by atoms with E-state index < -0.39 is 0 Å². The average Bonchev–Trinajstić information content (AvgIpc) is 2.44. The first-order valence-electron chi connectivity index (χ1n) is 4.98. The Bertz CT molecular complexity index is 615. The zero-order valence-corrected chi connectivity index (χ0v) is 13.3. The molecule has 2 aromatic rings. The van der Waals surface area contributed by atoms with Crippen LogP contribution in [0.5, 0.6) is 5.75 Å². The molecule has 0 N–H and O–H groups in total. The molecule has 19 heavy (non-hydrogen) atoms. The molecule has 0 spiro atoms. The number of ether oxygens (including phenoxy) is 1. The highest BCUT2D eigenvalue weighted by Gasteiger charge is 2.22. The quantitative estimate of drug-likeness (QED) is 0.484. The number of rotatable bonds is 2. The van der Waals surface area contributed by atoms with Gasteiger partial charge in [-0.1, -0.05) is 58.0 Å². The summed E-state index contributed by atoms with van der Waals surface area (Å²) in [6.07, 6.45) is 3.12. The Morgan fingerprint density at radius 2 is 1.42 bits per heavy atom. The molecule has 100 valence electrons. The molecule has 0 saturated heterocycles. The van der Waals surface area contributed by atoms with Crippen molar-refractivity contribution in [3.8, 4) is 16.9 Å². The summed E-state index contributed by atoms with van der Waals surface area (Å²) in [6.45, 7) is 0. The molecular formula is C12H6Cl5NO. The van der Waals surface area contributed by atoms with Gasteiger partial charge >= 0.3 is 0 Å². The van der Waals surface area contributed by atoms with Gasteiger partial charge in [0.2, 0.25) is 0 Å². The zero-order chi connectivity index (χ0) is 14.2. The first-order chi connectivity index (χ1) is 8.99. The van der Waals surface area contributed by atoms with Crippen LogP contribution in [0.4, 0.5) is 0 Å². The van der Waals surface area contributed by atoms with Crippen LogP contribution in [-0.2, 0) is 0 Å². The van der Waals surface area contributed by atoms with E-state index in [-0.39, 0.29) is 25.1 Å². The van der Waals surface area contributed by atoms with Crippen LogP contribution >= 0.6 is 58.0 Å². The second kappa shape index (κ2) is 5.94. The predicted molar refractivity (Wildman–Crippen MR) is 81.3 cm³/mol. The molecule has 0 radical (unpaired) electrons. The van der Waals surface area contributed by atoms with Gasteiger partial charge in [-0.3, -0.25) is 4.98 Å². The number of nitrogens with zero attached hydrogens (tertiary/aromatic N) is 1. The Morgan fingerprint density at radius 1 is 0.895 bits per heavy atom. The topological polar surface area (TPSA) is 22.1 Å². The van der Waals surface area contributed by atoms with Crippen molar-refractivity contribution in [3.63, 3.8) is 0 Å². The Balaban J connectivity index is 2.83. The van der Waals surface area contributed by atoms with Gasteiger partial charge in [0, 0.05) is 17.3 Å². The van der Waals surface area contributed by atoms with Crippen LogP contribution in [0.1, 0.15) is 0 Å². The van der Waals surface area contributed by atoms with Gasteiger partial charge in [0.25, 0.3) is 0 Å². The number of methoxy groups -OCH3 is 1. The highest BCUT2D eigenvalue weighted by atomic mass is 35.5. The molecule has 1 aromatic carbocycles. The normalized spacial score (nSPS) is 10.6. The van der Waals surface area contributed by atoms with Gasteiger partial charge in [-0.15, -0.1) is 0 Å². The molecule has 0 unspecified atom stereocenters. The maximum atomic E-state index is 6.20. The van der Waals surface area contributed by atoms with Crippen molar-refractivity contribution in [2.45, 2.75) is 0 Å². The molecule has 2 rings (SSSR count). The van der Waals surface area contributed by atoms with Gasteiger partial charge in [0.1, 0.15) is 5.75 Å². The second-order valence-electron chi connectivity index (χ2n) is 3.52. The molecule has 0 bridgehead atoms. The van der Waals surface area contributed by atoms with Crippen LogP contribution in [0.2, 0.25) is 25.1 Å². The van der Waals surface area contributed by atoms with E-state index in [0.717, 1.165) is 0 Å². The fraction of sp³-hybridized carbons (Fsp3) is 0.0833. The maximum Gasteiger partial charge on any atom is 0.145 e. The van der Waals surface area contributed by atoms with Crippen molar-refractivity contribution in [2.75, 3.05) is 7.11 Å². The third kappa shape index (κ3) is 2.61. The lowest BCUT2D eigenvalue weighted by molar-refractivity contribution is 0.414. The molecule has 0 saturated carbocycles. The van der Waals surface area contributed by atoms with Crippen molar-refractivity contribution in [3.05, 3.63) is 43.6 Å². The summed E-state index contributed by atoms with van der Waals surface area (Å²) in [5.41, 5.74) is 1.09. The number of benzene rings is 1. The van der Waals surface area contributed by atoms with Crippen molar-refractivity contribution in [1.82, 2.24) is 4.98 Å². The van der Waals surface area contributed by atoms with Crippen LogP contribution in [0.3, 0.4) is 0 Å². The molecule has 1 heterocycles. The summed E-state index contributed by atoms with van der Waals surface area (Å²) in [5.74, 6) is 0.501. The van der Waals surface area contributed by atoms with Crippen molar-refractivity contribution < 1.29 is 4.74 Å². The Labute approximate surface area is 135 Å². The van der Waals surface area contributed by atoms with E-state index in [0.29, 0.717) is 16.9 Å². The lowest BCUT2D eigenvalue weighted by Gasteiger charge is -2.14. The molecule has 0 aliphatic heterocycles. The largest absolute Gasteiger partial charge is 0.494 e. The fourth-order valence-electron chi connectivity index (χ4n) is 1.59. The van der Waals surface area contributed by atoms with E-state index in [4.69, 9.17) is 62.7 Å². The van der Waals surface area contributed by atoms with Crippen molar-refractivity contribution in [1.29, 1.82) is 0 Å². The van der Waals surface area contributed by atoms with Gasteiger partial charge in [-0.25, -0.2) is 0 Å². The Hall–Kier alpha value is -0.380. The lowest BCUT2D eigenvalue weighted by Crippen LogP contribution is -1.92. The summed E-state index contributed by atoms with van der Waals surface area (Å²) in [4.78, 5) is 3.96. The number of aromatic nitrogens is 1. The molecule has 0 atom stereocenters. The van der Waals surface area contributed by atoms with E-state index in [1.807, 2.05) is 0 Å². The molecule has 0 aliphatic rings. The van der Waals surface area contributed by atoms with E-state index in [9.17, 15) is 0 Å². The van der Waals surface area contributed by atoms with Crippen LogP contribution in [0.15, 0.2) is 18.5 Å².